The molecule has 0 saturated heterocycles. The molecule has 0 radical (unpaired) electrons. The van der Waals surface area contributed by atoms with Crippen LogP contribution >= 0.6 is 0 Å². The van der Waals surface area contributed by atoms with Crippen molar-refractivity contribution in [1.29, 1.82) is 0 Å². The van der Waals surface area contributed by atoms with Gasteiger partial charge in [-0.25, -0.2) is 18.6 Å². The number of aromatic carboxylic acids is 1. The van der Waals surface area contributed by atoms with Gasteiger partial charge < -0.3 is 9.84 Å². The van der Waals surface area contributed by atoms with E-state index in [1.807, 2.05) is 0 Å². The predicted molar refractivity (Wildman–Crippen MR) is 60.9 cm³/mol. The average molecular weight is 266 g/mol. The highest BCUT2D eigenvalue weighted by atomic mass is 19.1. The van der Waals surface area contributed by atoms with Crippen molar-refractivity contribution < 1.29 is 23.4 Å². The standard InChI is InChI=1S/C12H8F2N2O3/c1-19-10-5-9(12(17)18)15-11(16-10)7-4-6(13)2-3-8(7)14/h2-5H,1H3,(H,17,18). The third-order valence-corrected chi connectivity index (χ3v) is 2.30. The number of methoxy groups -OCH3 is 1. The minimum atomic E-state index is -1.32. The fourth-order valence-electron chi connectivity index (χ4n) is 1.43. The van der Waals surface area contributed by atoms with E-state index in [0.29, 0.717) is 0 Å². The summed E-state index contributed by atoms with van der Waals surface area (Å²) in [5.74, 6) is -3.07. The number of halogens is 2. The molecule has 5 nitrogen and oxygen atoms in total. The Hall–Kier alpha value is -2.57. The Bertz CT molecular complexity index is 647. The van der Waals surface area contributed by atoms with Gasteiger partial charge in [0.1, 0.15) is 11.6 Å². The minimum absolute atomic E-state index is 0.0499. The van der Waals surface area contributed by atoms with Crippen LogP contribution in [0.2, 0.25) is 0 Å². The summed E-state index contributed by atoms with van der Waals surface area (Å²) in [6, 6.07) is 3.82. The van der Waals surface area contributed by atoms with Crippen molar-refractivity contribution in [2.45, 2.75) is 0 Å². The van der Waals surface area contributed by atoms with E-state index in [-0.39, 0.29) is 23.0 Å². The van der Waals surface area contributed by atoms with Crippen molar-refractivity contribution in [1.82, 2.24) is 9.97 Å². The fourth-order valence-corrected chi connectivity index (χ4v) is 1.43. The molecule has 0 spiro atoms. The van der Waals surface area contributed by atoms with Gasteiger partial charge in [-0.15, -0.1) is 0 Å². The molecule has 0 amide bonds. The van der Waals surface area contributed by atoms with E-state index < -0.39 is 17.6 Å². The van der Waals surface area contributed by atoms with Crippen LogP contribution in [0.4, 0.5) is 8.78 Å². The molecule has 0 bridgehead atoms. The van der Waals surface area contributed by atoms with Gasteiger partial charge in [0.25, 0.3) is 0 Å². The van der Waals surface area contributed by atoms with E-state index in [2.05, 4.69) is 9.97 Å². The molecule has 0 aliphatic rings. The van der Waals surface area contributed by atoms with Crippen LogP contribution < -0.4 is 4.74 Å². The van der Waals surface area contributed by atoms with Gasteiger partial charge in [-0.05, 0) is 18.2 Å². The van der Waals surface area contributed by atoms with E-state index in [1.165, 1.54) is 7.11 Å². The molecule has 7 heteroatoms. The van der Waals surface area contributed by atoms with Crippen LogP contribution in [0.1, 0.15) is 10.5 Å². The molecule has 2 rings (SSSR count). The van der Waals surface area contributed by atoms with Gasteiger partial charge >= 0.3 is 5.97 Å². The van der Waals surface area contributed by atoms with Gasteiger partial charge in [-0.2, -0.15) is 4.98 Å². The normalized spacial score (nSPS) is 10.3. The lowest BCUT2D eigenvalue weighted by Crippen LogP contribution is -2.05. The number of carboxylic acids is 1. The smallest absolute Gasteiger partial charge is 0.354 e. The maximum atomic E-state index is 13.6. The van der Waals surface area contributed by atoms with Gasteiger partial charge in [0.05, 0.1) is 12.7 Å². The number of ether oxygens (including phenoxy) is 1. The first-order valence-corrected chi connectivity index (χ1v) is 5.13. The summed E-state index contributed by atoms with van der Waals surface area (Å²) in [7, 11) is 1.28. The Morgan fingerprint density at radius 1 is 1.26 bits per heavy atom. The molecule has 0 aliphatic heterocycles. The lowest BCUT2D eigenvalue weighted by Gasteiger charge is -2.06. The van der Waals surface area contributed by atoms with Crippen LogP contribution in [0, 0.1) is 11.6 Å². The Morgan fingerprint density at radius 2 is 2.00 bits per heavy atom. The van der Waals surface area contributed by atoms with Crippen LogP contribution in [0.5, 0.6) is 5.88 Å². The number of hydrogen-bond acceptors (Lipinski definition) is 4. The summed E-state index contributed by atoms with van der Waals surface area (Å²) in [6.07, 6.45) is 0. The predicted octanol–water partition coefficient (Wildman–Crippen LogP) is 2.13. The lowest BCUT2D eigenvalue weighted by atomic mass is 10.2. The van der Waals surface area contributed by atoms with Crippen LogP contribution in [0.3, 0.4) is 0 Å². The topological polar surface area (TPSA) is 72.3 Å². The Morgan fingerprint density at radius 3 is 2.63 bits per heavy atom. The van der Waals surface area contributed by atoms with Gasteiger partial charge in [-0.3, -0.25) is 0 Å². The zero-order valence-corrected chi connectivity index (χ0v) is 9.72. The third-order valence-electron chi connectivity index (χ3n) is 2.30. The molecular formula is C12H8F2N2O3. The molecule has 0 saturated carbocycles. The van der Waals surface area contributed by atoms with E-state index in [1.54, 1.807) is 0 Å². The Kier molecular flexibility index (Phi) is 3.37. The lowest BCUT2D eigenvalue weighted by molar-refractivity contribution is 0.0690. The average Bonchev–Trinajstić information content (AvgIpc) is 2.40. The number of rotatable bonds is 3. The number of aromatic nitrogens is 2. The van der Waals surface area contributed by atoms with Crippen molar-refractivity contribution in [3.05, 3.63) is 41.6 Å². The van der Waals surface area contributed by atoms with E-state index >= 15 is 0 Å². The maximum Gasteiger partial charge on any atom is 0.354 e. The number of hydrogen-bond donors (Lipinski definition) is 1. The summed E-state index contributed by atoms with van der Waals surface area (Å²) >= 11 is 0. The minimum Gasteiger partial charge on any atom is -0.481 e. The monoisotopic (exact) mass is 266 g/mol. The molecule has 1 heterocycles. The second kappa shape index (κ2) is 4.97. The first kappa shape index (κ1) is 12.9. The van der Waals surface area contributed by atoms with Crippen LogP contribution in [-0.2, 0) is 0 Å². The van der Waals surface area contributed by atoms with Crippen LogP contribution in [0.25, 0.3) is 11.4 Å². The SMILES string of the molecule is COc1cc(C(=O)O)nc(-c2cc(F)ccc2F)n1. The summed E-state index contributed by atoms with van der Waals surface area (Å²) < 4.78 is 31.5. The largest absolute Gasteiger partial charge is 0.481 e. The summed E-state index contributed by atoms with van der Waals surface area (Å²) in [5, 5.41) is 8.89. The van der Waals surface area contributed by atoms with Crippen molar-refractivity contribution >= 4 is 5.97 Å². The number of benzene rings is 1. The fraction of sp³-hybridized carbons (Fsp3) is 0.0833. The molecule has 2 aromatic rings. The van der Waals surface area contributed by atoms with Crippen LogP contribution in [-0.4, -0.2) is 28.2 Å². The molecule has 1 aromatic carbocycles. The maximum absolute atomic E-state index is 13.6. The summed E-state index contributed by atoms with van der Waals surface area (Å²) in [5.41, 5.74) is -0.605. The van der Waals surface area contributed by atoms with Crippen molar-refractivity contribution in [2.75, 3.05) is 7.11 Å². The van der Waals surface area contributed by atoms with E-state index in [0.717, 1.165) is 24.3 Å². The highest BCUT2D eigenvalue weighted by molar-refractivity contribution is 5.86. The van der Waals surface area contributed by atoms with Crippen molar-refractivity contribution in [3.63, 3.8) is 0 Å². The number of nitrogens with zero attached hydrogens (tertiary/aromatic N) is 2. The molecule has 0 fully saturated rings. The molecule has 98 valence electrons. The summed E-state index contributed by atoms with van der Waals surface area (Å²) in [6.45, 7) is 0. The summed E-state index contributed by atoms with van der Waals surface area (Å²) in [4.78, 5) is 18.3. The van der Waals surface area contributed by atoms with Crippen molar-refractivity contribution in [2.24, 2.45) is 0 Å². The first-order chi connectivity index (χ1) is 9.01. The molecule has 0 aliphatic carbocycles. The zero-order valence-electron chi connectivity index (χ0n) is 9.72. The third kappa shape index (κ3) is 2.65. The van der Waals surface area contributed by atoms with Gasteiger partial charge in [-0.1, -0.05) is 0 Å². The highest BCUT2D eigenvalue weighted by Gasteiger charge is 2.15. The molecule has 0 unspecified atom stereocenters. The quantitative estimate of drug-likeness (QED) is 0.921. The molecular weight excluding hydrogens is 258 g/mol. The number of carbonyl (C=O) groups is 1. The highest BCUT2D eigenvalue weighted by Crippen LogP contribution is 2.23. The van der Waals surface area contributed by atoms with E-state index in [9.17, 15) is 13.6 Å². The second-order valence-electron chi connectivity index (χ2n) is 3.55. The van der Waals surface area contributed by atoms with Crippen molar-refractivity contribution in [3.8, 4) is 17.3 Å². The zero-order chi connectivity index (χ0) is 14.0. The van der Waals surface area contributed by atoms with Gasteiger partial charge in [0.15, 0.2) is 11.5 Å². The Labute approximate surface area is 106 Å². The van der Waals surface area contributed by atoms with Gasteiger partial charge in [0.2, 0.25) is 5.88 Å². The van der Waals surface area contributed by atoms with E-state index in [4.69, 9.17) is 9.84 Å². The molecule has 1 N–H and O–H groups in total. The molecule has 0 atom stereocenters. The Balaban J connectivity index is 2.64. The van der Waals surface area contributed by atoms with Crippen LogP contribution in [0.15, 0.2) is 24.3 Å². The first-order valence-electron chi connectivity index (χ1n) is 5.13. The van der Waals surface area contributed by atoms with Gasteiger partial charge in [0, 0.05) is 6.07 Å². The molecule has 1 aromatic heterocycles. The second-order valence-corrected chi connectivity index (χ2v) is 3.55. The number of carboxylic acid groups (broad SMARTS) is 1. The molecule has 19 heavy (non-hydrogen) atoms.